The number of nitrogen functional groups attached to an aromatic ring is 1. The average molecular weight is 414 g/mol. The Morgan fingerprint density at radius 3 is 2.30 bits per heavy atom. The molecule has 0 atom stereocenters. The van der Waals surface area contributed by atoms with Crippen LogP contribution in [0, 0.1) is 11.6 Å². The van der Waals surface area contributed by atoms with Crippen molar-refractivity contribution in [2.24, 2.45) is 0 Å². The van der Waals surface area contributed by atoms with Gasteiger partial charge in [-0.15, -0.1) is 11.3 Å². The van der Waals surface area contributed by atoms with E-state index < -0.39 is 21.8 Å². The third-order valence-corrected chi connectivity index (χ3v) is 4.71. The Labute approximate surface area is 159 Å². The zero-order valence-corrected chi connectivity index (χ0v) is 15.7. The Bertz CT molecular complexity index is 1010. The number of aromatic nitrogens is 1. The van der Waals surface area contributed by atoms with E-state index in [-0.39, 0.29) is 4.90 Å². The van der Waals surface area contributed by atoms with Crippen LogP contribution in [0.1, 0.15) is 6.92 Å². The van der Waals surface area contributed by atoms with Crippen LogP contribution in [0.2, 0.25) is 0 Å². The second-order valence-electron chi connectivity index (χ2n) is 5.08. The lowest BCUT2D eigenvalue weighted by atomic mass is 10.2. The van der Waals surface area contributed by atoms with E-state index in [9.17, 15) is 17.2 Å². The highest BCUT2D eigenvalue weighted by Crippen LogP contribution is 2.24. The van der Waals surface area contributed by atoms with Crippen LogP contribution in [-0.4, -0.2) is 24.6 Å². The number of hydrogen-bond donors (Lipinski definition) is 2. The van der Waals surface area contributed by atoms with E-state index in [4.69, 9.17) is 15.0 Å². The lowest BCUT2D eigenvalue weighted by molar-refractivity contribution is 0.340. The SMILES string of the molecule is CCOc1ccc(S(=O)(=O)O)cc1.Nc1nc(-c2ccc(F)c(F)c2)cs1. The van der Waals surface area contributed by atoms with Gasteiger partial charge in [0, 0.05) is 10.9 Å². The highest BCUT2D eigenvalue weighted by Gasteiger charge is 2.08. The number of thiazole rings is 1. The molecule has 2 aromatic carbocycles. The third kappa shape index (κ3) is 5.98. The van der Waals surface area contributed by atoms with Gasteiger partial charge in [-0.2, -0.15) is 8.42 Å². The normalized spacial score (nSPS) is 10.8. The predicted molar refractivity (Wildman–Crippen MR) is 99.3 cm³/mol. The van der Waals surface area contributed by atoms with Gasteiger partial charge in [-0.05, 0) is 49.4 Å². The molecular weight excluding hydrogens is 398 g/mol. The molecule has 0 aliphatic carbocycles. The molecule has 6 nitrogen and oxygen atoms in total. The number of nitrogens with zero attached hydrogens (tertiary/aromatic N) is 1. The summed E-state index contributed by atoms with van der Waals surface area (Å²) in [5.41, 5.74) is 6.51. The number of anilines is 1. The van der Waals surface area contributed by atoms with E-state index in [1.54, 1.807) is 5.38 Å². The van der Waals surface area contributed by atoms with Crippen molar-refractivity contribution in [3.8, 4) is 17.0 Å². The molecule has 144 valence electrons. The minimum Gasteiger partial charge on any atom is -0.494 e. The van der Waals surface area contributed by atoms with Gasteiger partial charge in [0.05, 0.1) is 17.2 Å². The Morgan fingerprint density at radius 2 is 1.81 bits per heavy atom. The van der Waals surface area contributed by atoms with Crippen LogP contribution in [0.3, 0.4) is 0 Å². The Kier molecular flexibility index (Phi) is 6.83. The summed E-state index contributed by atoms with van der Waals surface area (Å²) in [6.45, 7) is 2.35. The summed E-state index contributed by atoms with van der Waals surface area (Å²) in [6, 6.07) is 9.21. The van der Waals surface area contributed by atoms with Crippen molar-refractivity contribution in [2.75, 3.05) is 12.3 Å². The highest BCUT2D eigenvalue weighted by molar-refractivity contribution is 7.85. The lowest BCUT2D eigenvalue weighted by Crippen LogP contribution is -1.98. The summed E-state index contributed by atoms with van der Waals surface area (Å²) in [5.74, 6) is -1.17. The molecule has 0 amide bonds. The van der Waals surface area contributed by atoms with Gasteiger partial charge in [0.15, 0.2) is 16.8 Å². The van der Waals surface area contributed by atoms with Gasteiger partial charge in [0.2, 0.25) is 0 Å². The summed E-state index contributed by atoms with van der Waals surface area (Å²) in [4.78, 5) is 3.83. The van der Waals surface area contributed by atoms with E-state index in [2.05, 4.69) is 4.98 Å². The molecule has 0 aliphatic heterocycles. The van der Waals surface area contributed by atoms with Gasteiger partial charge < -0.3 is 10.5 Å². The van der Waals surface area contributed by atoms with Crippen LogP contribution in [0.25, 0.3) is 11.3 Å². The van der Waals surface area contributed by atoms with Gasteiger partial charge in [0.1, 0.15) is 5.75 Å². The molecule has 3 aromatic rings. The van der Waals surface area contributed by atoms with Gasteiger partial charge in [0.25, 0.3) is 10.1 Å². The van der Waals surface area contributed by atoms with Crippen molar-refractivity contribution in [3.05, 3.63) is 59.5 Å². The number of nitrogens with two attached hydrogens (primary N) is 1. The third-order valence-electron chi connectivity index (χ3n) is 3.17. The monoisotopic (exact) mass is 414 g/mol. The Balaban J connectivity index is 0.000000194. The molecular formula is C17H16F2N2O4S2. The fourth-order valence-corrected chi connectivity index (χ4v) is 3.00. The Morgan fingerprint density at radius 1 is 1.15 bits per heavy atom. The number of hydrogen-bond acceptors (Lipinski definition) is 6. The molecule has 0 saturated heterocycles. The van der Waals surface area contributed by atoms with Crippen molar-refractivity contribution >= 4 is 26.6 Å². The molecule has 0 spiro atoms. The van der Waals surface area contributed by atoms with E-state index in [1.165, 1.54) is 41.7 Å². The van der Waals surface area contributed by atoms with Gasteiger partial charge in [-0.1, -0.05) is 0 Å². The number of ether oxygens (including phenoxy) is 1. The summed E-state index contributed by atoms with van der Waals surface area (Å²) in [7, 11) is -4.09. The van der Waals surface area contributed by atoms with Crippen LogP contribution in [0.5, 0.6) is 5.75 Å². The van der Waals surface area contributed by atoms with Crippen molar-refractivity contribution < 1.29 is 26.5 Å². The van der Waals surface area contributed by atoms with Gasteiger partial charge in [-0.3, -0.25) is 4.55 Å². The first-order chi connectivity index (χ1) is 12.7. The molecule has 0 unspecified atom stereocenters. The van der Waals surface area contributed by atoms with Gasteiger partial charge >= 0.3 is 0 Å². The van der Waals surface area contributed by atoms with Crippen molar-refractivity contribution in [1.29, 1.82) is 0 Å². The zero-order chi connectivity index (χ0) is 20.0. The maximum absolute atomic E-state index is 12.8. The molecule has 0 bridgehead atoms. The predicted octanol–water partition coefficient (Wildman–Crippen LogP) is 4.00. The molecule has 27 heavy (non-hydrogen) atoms. The second-order valence-corrected chi connectivity index (χ2v) is 7.39. The van der Waals surface area contributed by atoms with Crippen LogP contribution in [-0.2, 0) is 10.1 Å². The van der Waals surface area contributed by atoms with Crippen LogP contribution >= 0.6 is 11.3 Å². The molecule has 0 saturated carbocycles. The zero-order valence-electron chi connectivity index (χ0n) is 14.1. The average Bonchev–Trinajstić information content (AvgIpc) is 3.04. The van der Waals surface area contributed by atoms with Crippen LogP contribution in [0.15, 0.2) is 52.7 Å². The Hall–Kier alpha value is -2.56. The maximum Gasteiger partial charge on any atom is 0.294 e. The smallest absolute Gasteiger partial charge is 0.294 e. The number of rotatable bonds is 4. The van der Waals surface area contributed by atoms with E-state index >= 15 is 0 Å². The van der Waals surface area contributed by atoms with Crippen LogP contribution in [0.4, 0.5) is 13.9 Å². The highest BCUT2D eigenvalue weighted by atomic mass is 32.2. The maximum atomic E-state index is 12.8. The summed E-state index contributed by atoms with van der Waals surface area (Å²) in [6.07, 6.45) is 0. The van der Waals surface area contributed by atoms with Crippen molar-refractivity contribution in [1.82, 2.24) is 4.98 Å². The standard InChI is InChI=1S/C9H6F2N2S.C8H10O4S/c10-6-2-1-5(3-7(6)11)8-4-14-9(12)13-8;1-2-12-7-3-5-8(6-4-7)13(9,10)11/h1-4H,(H2,12,13);3-6H,2H2,1H3,(H,9,10,11). The first-order valence-corrected chi connectivity index (χ1v) is 9.89. The van der Waals surface area contributed by atoms with Crippen molar-refractivity contribution in [2.45, 2.75) is 11.8 Å². The summed E-state index contributed by atoms with van der Waals surface area (Å²) < 4.78 is 60.4. The number of halogens is 2. The van der Waals surface area contributed by atoms with E-state index in [0.29, 0.717) is 28.7 Å². The molecule has 0 aliphatic rings. The minimum atomic E-state index is -4.09. The topological polar surface area (TPSA) is 103 Å². The molecule has 1 heterocycles. The lowest BCUT2D eigenvalue weighted by Gasteiger charge is -2.02. The minimum absolute atomic E-state index is 0.129. The molecule has 10 heteroatoms. The quantitative estimate of drug-likeness (QED) is 0.626. The van der Waals surface area contributed by atoms with Gasteiger partial charge in [-0.25, -0.2) is 13.8 Å². The second kappa shape index (κ2) is 8.89. The number of benzene rings is 2. The first-order valence-electron chi connectivity index (χ1n) is 7.57. The van der Waals surface area contributed by atoms with Crippen LogP contribution < -0.4 is 10.5 Å². The largest absolute Gasteiger partial charge is 0.494 e. The summed E-state index contributed by atoms with van der Waals surface area (Å²) in [5, 5.41) is 2.10. The summed E-state index contributed by atoms with van der Waals surface area (Å²) >= 11 is 1.26. The van der Waals surface area contributed by atoms with E-state index in [0.717, 1.165) is 12.1 Å². The fraction of sp³-hybridized carbons (Fsp3) is 0.118. The first kappa shape index (κ1) is 20.7. The fourth-order valence-electron chi connectivity index (χ4n) is 1.95. The molecule has 1 aromatic heterocycles. The van der Waals surface area contributed by atoms with Crippen molar-refractivity contribution in [3.63, 3.8) is 0 Å². The van der Waals surface area contributed by atoms with E-state index in [1.807, 2.05) is 6.92 Å². The molecule has 3 rings (SSSR count). The molecule has 3 N–H and O–H groups in total. The molecule has 0 radical (unpaired) electrons. The molecule has 0 fully saturated rings.